The molecule has 2 aromatic rings. The molecule has 0 bridgehead atoms. The molecule has 0 spiro atoms. The molecule has 138 valence electrons. The molecule has 9 nitrogen and oxygen atoms in total. The molecule has 1 aliphatic heterocycles. The monoisotopic (exact) mass is 369 g/mol. The zero-order valence-electron chi connectivity index (χ0n) is 14.5. The van der Waals surface area contributed by atoms with Crippen LogP contribution < -0.4 is 4.74 Å². The van der Waals surface area contributed by atoms with Crippen molar-refractivity contribution in [1.82, 2.24) is 5.01 Å². The number of hydrogen-bond donors (Lipinski definition) is 0. The van der Waals surface area contributed by atoms with Gasteiger partial charge in [-0.05, 0) is 12.1 Å². The van der Waals surface area contributed by atoms with Gasteiger partial charge in [-0.25, -0.2) is 0 Å². The fourth-order valence-electron chi connectivity index (χ4n) is 2.57. The predicted octanol–water partition coefficient (Wildman–Crippen LogP) is 2.76. The van der Waals surface area contributed by atoms with Crippen molar-refractivity contribution in [2.45, 2.75) is 20.1 Å². The summed E-state index contributed by atoms with van der Waals surface area (Å²) in [6.07, 6.45) is -0.970. The lowest BCUT2D eigenvalue weighted by atomic mass is 10.1. The summed E-state index contributed by atoms with van der Waals surface area (Å²) < 4.78 is 11.0. The van der Waals surface area contributed by atoms with Crippen molar-refractivity contribution in [3.8, 4) is 5.75 Å². The molecule has 0 aromatic heterocycles. The number of nitro benzene ring substituents is 1. The lowest BCUT2D eigenvalue weighted by molar-refractivity contribution is -0.385. The Bertz CT molecular complexity index is 956. The summed E-state index contributed by atoms with van der Waals surface area (Å²) >= 11 is 0. The number of para-hydroxylation sites is 1. The van der Waals surface area contributed by atoms with Crippen molar-refractivity contribution in [1.29, 1.82) is 0 Å². The Hall–Kier alpha value is -3.75. The molecule has 0 saturated carbocycles. The van der Waals surface area contributed by atoms with Crippen LogP contribution in [0.25, 0.3) is 0 Å². The van der Waals surface area contributed by atoms with E-state index in [0.29, 0.717) is 11.1 Å². The van der Waals surface area contributed by atoms with Gasteiger partial charge in [0.15, 0.2) is 0 Å². The number of hydrogen-bond acceptors (Lipinski definition) is 7. The van der Waals surface area contributed by atoms with Crippen LogP contribution in [0.1, 0.15) is 31.2 Å². The normalized spacial score (nSPS) is 15.7. The fourth-order valence-corrected chi connectivity index (χ4v) is 2.57. The first-order chi connectivity index (χ1) is 12.9. The number of carbonyl (C=O) groups is 2. The fraction of sp³-hybridized carbons (Fsp3) is 0.167. The average molecular weight is 369 g/mol. The third-order valence-electron chi connectivity index (χ3n) is 3.70. The lowest BCUT2D eigenvalue weighted by Gasteiger charge is -2.19. The van der Waals surface area contributed by atoms with E-state index in [-0.39, 0.29) is 17.3 Å². The molecular formula is C18H15N3O6. The van der Waals surface area contributed by atoms with Gasteiger partial charge in [-0.2, -0.15) is 5.01 Å². The van der Waals surface area contributed by atoms with E-state index < -0.39 is 23.0 Å². The topological polar surface area (TPSA) is 111 Å². The van der Waals surface area contributed by atoms with Gasteiger partial charge in [-0.3, -0.25) is 19.7 Å². The Morgan fingerprint density at radius 3 is 2.59 bits per heavy atom. The molecular weight excluding hydrogens is 354 g/mol. The molecule has 0 unspecified atom stereocenters. The predicted molar refractivity (Wildman–Crippen MR) is 93.7 cm³/mol. The maximum atomic E-state index is 12.0. The van der Waals surface area contributed by atoms with Gasteiger partial charge in [0.2, 0.25) is 18.0 Å². The summed E-state index contributed by atoms with van der Waals surface area (Å²) in [5, 5.41) is 16.3. The van der Waals surface area contributed by atoms with Crippen LogP contribution in [-0.2, 0) is 14.3 Å². The van der Waals surface area contributed by atoms with E-state index in [1.807, 2.05) is 0 Å². The van der Waals surface area contributed by atoms with Crippen molar-refractivity contribution in [2.24, 2.45) is 5.10 Å². The van der Waals surface area contributed by atoms with Gasteiger partial charge >= 0.3 is 5.97 Å². The Labute approximate surface area is 154 Å². The smallest absolute Gasteiger partial charge is 0.308 e. The van der Waals surface area contributed by atoms with Crippen molar-refractivity contribution in [3.63, 3.8) is 0 Å². The maximum absolute atomic E-state index is 12.0. The van der Waals surface area contributed by atoms with Gasteiger partial charge in [0.1, 0.15) is 5.75 Å². The highest BCUT2D eigenvalue weighted by Gasteiger charge is 2.34. The molecule has 3 rings (SSSR count). The molecule has 9 heteroatoms. The minimum atomic E-state index is -0.970. The van der Waals surface area contributed by atoms with Crippen LogP contribution in [0, 0.1) is 10.1 Å². The van der Waals surface area contributed by atoms with Crippen LogP contribution in [-0.4, -0.2) is 27.7 Å². The highest BCUT2D eigenvalue weighted by atomic mass is 16.6. The molecule has 1 heterocycles. The number of benzene rings is 2. The van der Waals surface area contributed by atoms with Gasteiger partial charge in [0.05, 0.1) is 10.5 Å². The van der Waals surface area contributed by atoms with Crippen molar-refractivity contribution < 1.29 is 24.0 Å². The third-order valence-corrected chi connectivity index (χ3v) is 3.70. The van der Waals surface area contributed by atoms with E-state index in [1.165, 1.54) is 32.0 Å². The van der Waals surface area contributed by atoms with Crippen molar-refractivity contribution in [2.75, 3.05) is 0 Å². The molecule has 0 saturated heterocycles. The second-order valence-electron chi connectivity index (χ2n) is 5.68. The second kappa shape index (κ2) is 7.24. The number of hydrazone groups is 1. The van der Waals surface area contributed by atoms with Gasteiger partial charge in [-0.1, -0.05) is 24.3 Å². The molecule has 1 amide bonds. The molecule has 0 N–H and O–H groups in total. The molecule has 0 aliphatic carbocycles. The molecule has 0 radical (unpaired) electrons. The van der Waals surface area contributed by atoms with E-state index in [2.05, 4.69) is 5.10 Å². The Kier molecular flexibility index (Phi) is 4.84. The lowest BCUT2D eigenvalue weighted by Crippen LogP contribution is -2.25. The average Bonchev–Trinajstić information content (AvgIpc) is 3.07. The number of ether oxygens (including phenoxy) is 2. The van der Waals surface area contributed by atoms with E-state index in [1.54, 1.807) is 30.3 Å². The highest BCUT2D eigenvalue weighted by Crippen LogP contribution is 2.33. The van der Waals surface area contributed by atoms with Crippen LogP contribution >= 0.6 is 0 Å². The Balaban J connectivity index is 1.99. The van der Waals surface area contributed by atoms with E-state index >= 15 is 0 Å². The SMILES string of the molecule is CC(=O)Oc1ccccc1C1=NN(C(C)=O)[C@H](c2cccc([N+](=O)[O-])c2)O1. The quantitative estimate of drug-likeness (QED) is 0.355. The summed E-state index contributed by atoms with van der Waals surface area (Å²) in [4.78, 5) is 33.8. The third kappa shape index (κ3) is 3.76. The van der Waals surface area contributed by atoms with Crippen LogP contribution in [0.15, 0.2) is 53.6 Å². The number of esters is 1. The number of amides is 1. The highest BCUT2D eigenvalue weighted by molar-refractivity contribution is 5.99. The standard InChI is InChI=1S/C18H15N3O6/c1-11(22)20-18(13-6-5-7-14(10-13)21(24)25)27-17(19-20)15-8-3-4-9-16(15)26-12(2)23/h3-10,18H,1-2H3/t18-/m0/s1. The van der Waals surface area contributed by atoms with Crippen LogP contribution in [0.2, 0.25) is 0 Å². The zero-order chi connectivity index (χ0) is 19.6. The Morgan fingerprint density at radius 1 is 1.19 bits per heavy atom. The number of carbonyl (C=O) groups excluding carboxylic acids is 2. The Morgan fingerprint density at radius 2 is 1.93 bits per heavy atom. The van der Waals surface area contributed by atoms with Crippen LogP contribution in [0.4, 0.5) is 5.69 Å². The van der Waals surface area contributed by atoms with Gasteiger partial charge in [0, 0.05) is 31.5 Å². The molecule has 2 aromatic carbocycles. The molecule has 1 aliphatic rings. The summed E-state index contributed by atoms with van der Waals surface area (Å²) in [6, 6.07) is 12.3. The largest absolute Gasteiger partial charge is 0.446 e. The number of non-ortho nitro benzene ring substituents is 1. The van der Waals surface area contributed by atoms with E-state index in [4.69, 9.17) is 9.47 Å². The minimum Gasteiger partial charge on any atom is -0.446 e. The van der Waals surface area contributed by atoms with Gasteiger partial charge < -0.3 is 9.47 Å². The summed E-state index contributed by atoms with van der Waals surface area (Å²) in [5.74, 6) is -0.628. The number of rotatable bonds is 4. The van der Waals surface area contributed by atoms with Gasteiger partial charge in [-0.15, -0.1) is 5.10 Å². The molecule has 0 fully saturated rings. The first-order valence-electron chi connectivity index (χ1n) is 7.94. The molecule has 27 heavy (non-hydrogen) atoms. The minimum absolute atomic E-state index is 0.0681. The first-order valence-corrected chi connectivity index (χ1v) is 7.94. The van der Waals surface area contributed by atoms with Crippen LogP contribution in [0.3, 0.4) is 0 Å². The first kappa shape index (κ1) is 18.1. The van der Waals surface area contributed by atoms with E-state index in [9.17, 15) is 19.7 Å². The maximum Gasteiger partial charge on any atom is 0.308 e. The molecule has 1 atom stereocenters. The van der Waals surface area contributed by atoms with Crippen molar-refractivity contribution in [3.05, 3.63) is 69.8 Å². The van der Waals surface area contributed by atoms with Crippen molar-refractivity contribution >= 4 is 23.5 Å². The summed E-state index contributed by atoms with van der Waals surface area (Å²) in [7, 11) is 0. The van der Waals surface area contributed by atoms with Crippen LogP contribution in [0.5, 0.6) is 5.75 Å². The number of nitro groups is 1. The second-order valence-corrected chi connectivity index (χ2v) is 5.68. The van der Waals surface area contributed by atoms with E-state index in [0.717, 1.165) is 5.01 Å². The zero-order valence-corrected chi connectivity index (χ0v) is 14.5. The summed E-state index contributed by atoms with van der Waals surface area (Å²) in [6.45, 7) is 2.57. The van der Waals surface area contributed by atoms with Gasteiger partial charge in [0.25, 0.3) is 5.69 Å². The number of nitrogens with zero attached hydrogens (tertiary/aromatic N) is 3. The summed E-state index contributed by atoms with van der Waals surface area (Å²) in [5.41, 5.74) is 0.642.